The van der Waals surface area contributed by atoms with E-state index in [1.165, 1.54) is 12.4 Å². The number of nitrogens with one attached hydrogen (secondary N) is 1. The molecule has 0 saturated heterocycles. The molecule has 24 heavy (non-hydrogen) atoms. The Labute approximate surface area is 143 Å². The molecular weight excluding hydrogens is 326 g/mol. The Morgan fingerprint density at radius 1 is 1.29 bits per heavy atom. The summed E-state index contributed by atoms with van der Waals surface area (Å²) in [6, 6.07) is 7.56. The predicted molar refractivity (Wildman–Crippen MR) is 89.5 cm³/mol. The van der Waals surface area contributed by atoms with Crippen LogP contribution in [0.15, 0.2) is 42.9 Å². The lowest BCUT2D eigenvalue weighted by molar-refractivity contribution is 0.0728. The number of H-pyrrole nitrogens is 1. The maximum Gasteiger partial charge on any atom is 0.274 e. The first-order valence-corrected chi connectivity index (χ1v) is 7.97. The number of hydrogen-bond donors (Lipinski definition) is 1. The van der Waals surface area contributed by atoms with Crippen LogP contribution in [0.25, 0.3) is 11.3 Å². The van der Waals surface area contributed by atoms with Crippen molar-refractivity contribution in [3.8, 4) is 11.3 Å². The van der Waals surface area contributed by atoms with Gasteiger partial charge in [-0.1, -0.05) is 23.7 Å². The first-order chi connectivity index (χ1) is 11.7. The van der Waals surface area contributed by atoms with Crippen molar-refractivity contribution in [1.82, 2.24) is 25.1 Å². The highest BCUT2D eigenvalue weighted by atomic mass is 35.5. The molecule has 6 nitrogen and oxygen atoms in total. The first-order valence-electron chi connectivity index (χ1n) is 7.60. The summed E-state index contributed by atoms with van der Waals surface area (Å²) >= 11 is 6.09. The average molecular weight is 340 g/mol. The van der Waals surface area contributed by atoms with Gasteiger partial charge in [-0.2, -0.15) is 5.10 Å². The second kappa shape index (κ2) is 6.05. The largest absolute Gasteiger partial charge is 0.332 e. The molecule has 0 spiro atoms. The molecular formula is C17H14ClN5O. The topological polar surface area (TPSA) is 74.8 Å². The van der Waals surface area contributed by atoms with E-state index in [0.717, 1.165) is 28.9 Å². The Morgan fingerprint density at radius 3 is 3.00 bits per heavy atom. The van der Waals surface area contributed by atoms with Gasteiger partial charge in [-0.3, -0.25) is 14.9 Å². The number of halogens is 1. The van der Waals surface area contributed by atoms with E-state index in [2.05, 4.69) is 20.2 Å². The van der Waals surface area contributed by atoms with Crippen molar-refractivity contribution in [2.24, 2.45) is 0 Å². The minimum absolute atomic E-state index is 0.119. The smallest absolute Gasteiger partial charge is 0.274 e. The van der Waals surface area contributed by atoms with Gasteiger partial charge in [0.15, 0.2) is 0 Å². The summed E-state index contributed by atoms with van der Waals surface area (Å²) < 4.78 is 0. The van der Waals surface area contributed by atoms with E-state index in [1.54, 1.807) is 11.1 Å². The fourth-order valence-corrected chi connectivity index (χ4v) is 3.10. The number of fused-ring (bicyclic) bond motifs is 1. The molecule has 1 aromatic carbocycles. The molecule has 0 aliphatic carbocycles. The van der Waals surface area contributed by atoms with Gasteiger partial charge < -0.3 is 4.90 Å². The fourth-order valence-electron chi connectivity index (χ4n) is 2.91. The van der Waals surface area contributed by atoms with Crippen LogP contribution in [0.1, 0.15) is 21.7 Å². The zero-order valence-corrected chi connectivity index (χ0v) is 13.5. The van der Waals surface area contributed by atoms with Crippen molar-refractivity contribution in [3.63, 3.8) is 0 Å². The molecule has 0 atom stereocenters. The molecule has 3 aromatic rings. The van der Waals surface area contributed by atoms with Crippen LogP contribution in [-0.4, -0.2) is 37.5 Å². The summed E-state index contributed by atoms with van der Waals surface area (Å²) in [6.45, 7) is 1.11. The lowest BCUT2D eigenvalue weighted by Gasteiger charge is -2.26. The van der Waals surface area contributed by atoms with E-state index in [-0.39, 0.29) is 5.91 Å². The maximum absolute atomic E-state index is 12.6. The van der Waals surface area contributed by atoms with E-state index >= 15 is 0 Å². The molecule has 1 aliphatic rings. The number of hydrogen-bond acceptors (Lipinski definition) is 4. The highest BCUT2D eigenvalue weighted by Crippen LogP contribution is 2.30. The van der Waals surface area contributed by atoms with Crippen molar-refractivity contribution in [3.05, 3.63) is 64.8 Å². The molecule has 1 aliphatic heterocycles. The highest BCUT2D eigenvalue weighted by molar-refractivity contribution is 6.30. The molecule has 0 bridgehead atoms. The Morgan fingerprint density at radius 2 is 2.21 bits per heavy atom. The summed E-state index contributed by atoms with van der Waals surface area (Å²) in [5.41, 5.74) is 4.22. The number of carbonyl (C=O) groups is 1. The first kappa shape index (κ1) is 14.8. The maximum atomic E-state index is 12.6. The van der Waals surface area contributed by atoms with Crippen LogP contribution in [-0.2, 0) is 13.0 Å². The van der Waals surface area contributed by atoms with Crippen LogP contribution in [0.3, 0.4) is 0 Å². The monoisotopic (exact) mass is 339 g/mol. The van der Waals surface area contributed by atoms with Gasteiger partial charge in [0.05, 0.1) is 18.4 Å². The number of nitrogens with zero attached hydrogens (tertiary/aromatic N) is 4. The normalized spacial score (nSPS) is 13.6. The average Bonchev–Trinajstić information content (AvgIpc) is 3.05. The zero-order valence-electron chi connectivity index (χ0n) is 12.7. The third-order valence-electron chi connectivity index (χ3n) is 4.10. The second-order valence-corrected chi connectivity index (χ2v) is 6.04. The van der Waals surface area contributed by atoms with Crippen LogP contribution in [0, 0.1) is 0 Å². The summed E-state index contributed by atoms with van der Waals surface area (Å²) in [4.78, 5) is 22.4. The zero-order chi connectivity index (χ0) is 16.5. The fraction of sp³-hybridized carbons (Fsp3) is 0.176. The summed E-state index contributed by atoms with van der Waals surface area (Å²) in [5, 5.41) is 8.17. The van der Waals surface area contributed by atoms with Crippen LogP contribution >= 0.6 is 11.6 Å². The van der Waals surface area contributed by atoms with Crippen LogP contribution in [0.2, 0.25) is 5.02 Å². The second-order valence-electron chi connectivity index (χ2n) is 5.61. The van der Waals surface area contributed by atoms with Crippen LogP contribution < -0.4 is 0 Å². The third-order valence-corrected chi connectivity index (χ3v) is 4.34. The quantitative estimate of drug-likeness (QED) is 0.779. The molecule has 0 fully saturated rings. The van der Waals surface area contributed by atoms with E-state index < -0.39 is 0 Å². The number of benzene rings is 1. The summed E-state index contributed by atoms with van der Waals surface area (Å²) in [7, 11) is 0. The molecule has 1 N–H and O–H groups in total. The number of amides is 1. The van der Waals surface area contributed by atoms with Crippen molar-refractivity contribution in [2.45, 2.75) is 13.0 Å². The van der Waals surface area contributed by atoms with Crippen LogP contribution in [0.4, 0.5) is 0 Å². The molecule has 7 heteroatoms. The summed E-state index contributed by atoms with van der Waals surface area (Å²) in [5.74, 6) is -0.119. The highest BCUT2D eigenvalue weighted by Gasteiger charge is 2.27. The van der Waals surface area contributed by atoms with Crippen LogP contribution in [0.5, 0.6) is 0 Å². The molecule has 0 saturated carbocycles. The van der Waals surface area contributed by atoms with E-state index in [4.69, 9.17) is 11.6 Å². The van der Waals surface area contributed by atoms with Gasteiger partial charge in [0, 0.05) is 47.2 Å². The van der Waals surface area contributed by atoms with Crippen molar-refractivity contribution < 1.29 is 4.79 Å². The minimum Gasteiger partial charge on any atom is -0.332 e. The van der Waals surface area contributed by atoms with Gasteiger partial charge in [0.2, 0.25) is 0 Å². The van der Waals surface area contributed by atoms with Crippen molar-refractivity contribution in [2.75, 3.05) is 6.54 Å². The Bertz CT molecular complexity index is 893. The van der Waals surface area contributed by atoms with Crippen molar-refractivity contribution in [1.29, 1.82) is 0 Å². The van der Waals surface area contributed by atoms with Gasteiger partial charge in [0.1, 0.15) is 5.69 Å². The van der Waals surface area contributed by atoms with Gasteiger partial charge in [-0.05, 0) is 12.1 Å². The number of aromatic nitrogens is 4. The SMILES string of the molecule is O=C(c1cnccn1)N1CCc2[nH]nc(-c3cccc(Cl)c3)c2C1. The molecule has 120 valence electrons. The number of aromatic amines is 1. The molecule has 1 amide bonds. The standard InChI is InChI=1S/C17H14ClN5O/c18-12-3-1-2-11(8-12)16-13-10-23(7-4-14(13)21-22-16)17(24)15-9-19-5-6-20-15/h1-3,5-6,8-9H,4,7,10H2,(H,21,22). The molecule has 0 unspecified atom stereocenters. The number of carbonyl (C=O) groups excluding carboxylic acids is 1. The van der Waals surface area contributed by atoms with Gasteiger partial charge in [-0.15, -0.1) is 0 Å². The third kappa shape index (κ3) is 2.65. The van der Waals surface area contributed by atoms with E-state index in [0.29, 0.717) is 23.8 Å². The lowest BCUT2D eigenvalue weighted by Crippen LogP contribution is -2.36. The van der Waals surface area contributed by atoms with Crippen molar-refractivity contribution >= 4 is 17.5 Å². The van der Waals surface area contributed by atoms with Gasteiger partial charge >= 0.3 is 0 Å². The molecule has 2 aromatic heterocycles. The van der Waals surface area contributed by atoms with Gasteiger partial charge in [0.25, 0.3) is 5.91 Å². The molecule has 4 rings (SSSR count). The van der Waals surface area contributed by atoms with E-state index in [9.17, 15) is 4.79 Å². The molecule has 3 heterocycles. The Hall–Kier alpha value is -2.73. The Balaban J connectivity index is 1.65. The molecule has 0 radical (unpaired) electrons. The minimum atomic E-state index is -0.119. The van der Waals surface area contributed by atoms with E-state index in [1.807, 2.05) is 24.3 Å². The predicted octanol–water partition coefficient (Wildman–Crippen LogP) is 2.72. The lowest BCUT2D eigenvalue weighted by atomic mass is 10.0. The number of rotatable bonds is 2. The van der Waals surface area contributed by atoms with Gasteiger partial charge in [-0.25, -0.2) is 4.98 Å². The Kier molecular flexibility index (Phi) is 3.74. The summed E-state index contributed by atoms with van der Waals surface area (Å²) in [6.07, 6.45) is 5.30.